The van der Waals surface area contributed by atoms with E-state index < -0.39 is 0 Å². The van der Waals surface area contributed by atoms with Crippen molar-refractivity contribution < 1.29 is 5.11 Å². The van der Waals surface area contributed by atoms with E-state index in [2.05, 4.69) is 53.8 Å². The Kier molecular flexibility index (Phi) is 5.69. The fourth-order valence-corrected chi connectivity index (χ4v) is 4.49. The molecular weight excluding hydrogens is 294 g/mol. The van der Waals surface area contributed by atoms with Crippen molar-refractivity contribution >= 4 is 0 Å². The Hall–Kier alpha value is -1.02. The molecule has 1 aliphatic rings. The van der Waals surface area contributed by atoms with Crippen LogP contribution < -0.4 is 5.32 Å². The molecule has 0 aromatic heterocycles. The summed E-state index contributed by atoms with van der Waals surface area (Å²) in [5, 5.41) is 13.9. The standard InChI is InChI=1S/C22H37NO/c1-15-12-17(21(2,3)4)20(18(13-15)22(5,6)7)23-14-16-10-8-9-11-19(16)24/h8-11,15,17-18,20,23-24H,12-14H2,1-7H3. The number of phenolic OH excluding ortho intramolecular Hbond substituents is 1. The number of nitrogens with one attached hydrogen (secondary N) is 1. The average Bonchev–Trinajstić information content (AvgIpc) is 2.44. The highest BCUT2D eigenvalue weighted by Gasteiger charge is 2.45. The van der Waals surface area contributed by atoms with E-state index in [1.807, 2.05) is 18.2 Å². The molecule has 2 atom stereocenters. The second kappa shape index (κ2) is 7.07. The van der Waals surface area contributed by atoms with Gasteiger partial charge < -0.3 is 10.4 Å². The van der Waals surface area contributed by atoms with Crippen LogP contribution in [0.25, 0.3) is 0 Å². The fourth-order valence-electron chi connectivity index (χ4n) is 4.49. The zero-order chi connectivity index (χ0) is 18.1. The summed E-state index contributed by atoms with van der Waals surface area (Å²) in [6.07, 6.45) is 2.57. The maximum absolute atomic E-state index is 10.1. The van der Waals surface area contributed by atoms with Crippen LogP contribution >= 0.6 is 0 Å². The molecule has 0 heterocycles. The number of benzene rings is 1. The molecule has 2 heteroatoms. The van der Waals surface area contributed by atoms with Crippen molar-refractivity contribution in [3.05, 3.63) is 29.8 Å². The number of para-hydroxylation sites is 1. The third-order valence-corrected chi connectivity index (χ3v) is 5.92. The number of hydrogen-bond acceptors (Lipinski definition) is 2. The normalized spacial score (nSPS) is 28.8. The van der Waals surface area contributed by atoms with Crippen LogP contribution in [0, 0.1) is 28.6 Å². The van der Waals surface area contributed by atoms with Gasteiger partial charge in [0.15, 0.2) is 0 Å². The first kappa shape index (κ1) is 19.3. The van der Waals surface area contributed by atoms with E-state index >= 15 is 0 Å². The van der Waals surface area contributed by atoms with Gasteiger partial charge in [0.05, 0.1) is 0 Å². The lowest BCUT2D eigenvalue weighted by molar-refractivity contribution is 0.0115. The summed E-state index contributed by atoms with van der Waals surface area (Å²) in [5.41, 5.74) is 1.57. The number of aromatic hydroxyl groups is 1. The molecule has 0 spiro atoms. The topological polar surface area (TPSA) is 32.3 Å². The van der Waals surface area contributed by atoms with Gasteiger partial charge in [-0.1, -0.05) is 66.7 Å². The summed E-state index contributed by atoms with van der Waals surface area (Å²) in [4.78, 5) is 0. The first-order chi connectivity index (χ1) is 11.0. The number of phenols is 1. The van der Waals surface area contributed by atoms with Gasteiger partial charge in [0, 0.05) is 18.2 Å². The molecule has 1 fully saturated rings. The van der Waals surface area contributed by atoms with Crippen molar-refractivity contribution in [3.63, 3.8) is 0 Å². The largest absolute Gasteiger partial charge is 0.508 e. The Bertz CT molecular complexity index is 514. The van der Waals surface area contributed by atoms with Crippen molar-refractivity contribution in [2.24, 2.45) is 28.6 Å². The van der Waals surface area contributed by atoms with Crippen LogP contribution in [0.1, 0.15) is 66.9 Å². The molecule has 2 nitrogen and oxygen atoms in total. The highest BCUT2D eigenvalue weighted by atomic mass is 16.3. The lowest BCUT2D eigenvalue weighted by Crippen LogP contribution is -2.54. The summed E-state index contributed by atoms with van der Waals surface area (Å²) in [7, 11) is 0. The molecule has 0 radical (unpaired) electrons. The van der Waals surface area contributed by atoms with Gasteiger partial charge in [-0.3, -0.25) is 0 Å². The van der Waals surface area contributed by atoms with E-state index in [0.717, 1.165) is 18.0 Å². The first-order valence-electron chi connectivity index (χ1n) is 9.50. The van der Waals surface area contributed by atoms with Crippen LogP contribution in [0.5, 0.6) is 5.75 Å². The van der Waals surface area contributed by atoms with Crippen molar-refractivity contribution in [2.45, 2.75) is 73.9 Å². The van der Waals surface area contributed by atoms with Crippen LogP contribution in [0.3, 0.4) is 0 Å². The maximum Gasteiger partial charge on any atom is 0.120 e. The predicted molar refractivity (Wildman–Crippen MR) is 103 cm³/mol. The average molecular weight is 332 g/mol. The van der Waals surface area contributed by atoms with Gasteiger partial charge in [-0.25, -0.2) is 0 Å². The Balaban J connectivity index is 2.26. The van der Waals surface area contributed by atoms with Crippen molar-refractivity contribution in [1.29, 1.82) is 0 Å². The highest BCUT2D eigenvalue weighted by molar-refractivity contribution is 5.31. The van der Waals surface area contributed by atoms with E-state index in [1.54, 1.807) is 6.07 Å². The molecular formula is C22H37NO. The Morgan fingerprint density at radius 3 is 1.92 bits per heavy atom. The Labute approximate surface area is 149 Å². The van der Waals surface area contributed by atoms with Crippen molar-refractivity contribution in [2.75, 3.05) is 0 Å². The van der Waals surface area contributed by atoms with Crippen LogP contribution in [-0.4, -0.2) is 11.1 Å². The van der Waals surface area contributed by atoms with Crippen LogP contribution in [0.2, 0.25) is 0 Å². The van der Waals surface area contributed by atoms with E-state index in [4.69, 9.17) is 0 Å². The molecule has 2 rings (SSSR count). The van der Waals surface area contributed by atoms with Gasteiger partial charge in [0.2, 0.25) is 0 Å². The van der Waals surface area contributed by atoms with Gasteiger partial charge in [-0.05, 0) is 47.5 Å². The smallest absolute Gasteiger partial charge is 0.120 e. The maximum atomic E-state index is 10.1. The minimum absolute atomic E-state index is 0.286. The molecule has 0 saturated heterocycles. The molecule has 0 amide bonds. The van der Waals surface area contributed by atoms with Crippen molar-refractivity contribution in [3.8, 4) is 5.75 Å². The highest BCUT2D eigenvalue weighted by Crippen LogP contribution is 2.48. The zero-order valence-electron chi connectivity index (χ0n) is 16.7. The predicted octanol–water partition coefficient (Wildman–Crippen LogP) is 5.60. The van der Waals surface area contributed by atoms with Crippen LogP contribution in [0.4, 0.5) is 0 Å². The third kappa shape index (κ3) is 4.53. The van der Waals surface area contributed by atoms with Gasteiger partial charge in [0.1, 0.15) is 5.75 Å². The number of rotatable bonds is 3. The quantitative estimate of drug-likeness (QED) is 0.755. The molecule has 1 aliphatic carbocycles. The second-order valence-corrected chi connectivity index (χ2v) is 10.1. The monoisotopic (exact) mass is 331 g/mol. The van der Waals surface area contributed by atoms with E-state index in [0.29, 0.717) is 23.6 Å². The summed E-state index contributed by atoms with van der Waals surface area (Å²) < 4.78 is 0. The third-order valence-electron chi connectivity index (χ3n) is 5.92. The molecule has 1 aromatic rings. The summed E-state index contributed by atoms with van der Waals surface area (Å²) >= 11 is 0. The molecule has 2 unspecified atom stereocenters. The van der Waals surface area contributed by atoms with Gasteiger partial charge in [-0.2, -0.15) is 0 Å². The molecule has 1 aromatic carbocycles. The summed E-state index contributed by atoms with van der Waals surface area (Å²) in [6, 6.07) is 8.17. The second-order valence-electron chi connectivity index (χ2n) is 10.1. The fraction of sp³-hybridized carbons (Fsp3) is 0.727. The molecule has 136 valence electrons. The van der Waals surface area contributed by atoms with Gasteiger partial charge >= 0.3 is 0 Å². The van der Waals surface area contributed by atoms with Gasteiger partial charge in [-0.15, -0.1) is 0 Å². The lowest BCUT2D eigenvalue weighted by Gasteiger charge is -2.51. The van der Waals surface area contributed by atoms with E-state index in [1.165, 1.54) is 12.8 Å². The Morgan fingerprint density at radius 1 is 0.958 bits per heavy atom. The van der Waals surface area contributed by atoms with Crippen molar-refractivity contribution in [1.82, 2.24) is 5.32 Å². The molecule has 2 N–H and O–H groups in total. The van der Waals surface area contributed by atoms with Crippen LogP contribution in [-0.2, 0) is 6.54 Å². The molecule has 24 heavy (non-hydrogen) atoms. The molecule has 0 bridgehead atoms. The summed E-state index contributed by atoms with van der Waals surface area (Å²) in [6.45, 7) is 17.4. The van der Waals surface area contributed by atoms with Crippen LogP contribution in [0.15, 0.2) is 24.3 Å². The number of hydrogen-bond donors (Lipinski definition) is 2. The minimum atomic E-state index is 0.286. The first-order valence-corrected chi connectivity index (χ1v) is 9.50. The molecule has 0 aliphatic heterocycles. The Morgan fingerprint density at radius 2 is 1.46 bits per heavy atom. The molecule has 1 saturated carbocycles. The lowest BCUT2D eigenvalue weighted by atomic mass is 9.58. The van der Waals surface area contributed by atoms with E-state index in [9.17, 15) is 5.11 Å². The van der Waals surface area contributed by atoms with Gasteiger partial charge in [0.25, 0.3) is 0 Å². The SMILES string of the molecule is CC1CC(C(C)(C)C)C(NCc2ccccc2O)C(C(C)(C)C)C1. The minimum Gasteiger partial charge on any atom is -0.508 e. The zero-order valence-corrected chi connectivity index (χ0v) is 16.7. The van der Waals surface area contributed by atoms with E-state index in [-0.39, 0.29) is 10.8 Å². The summed E-state index contributed by atoms with van der Waals surface area (Å²) in [5.74, 6) is 2.48.